The van der Waals surface area contributed by atoms with E-state index in [4.69, 9.17) is 10.5 Å². The molecule has 0 fully saturated rings. The topological polar surface area (TPSA) is 76.9 Å². The van der Waals surface area contributed by atoms with E-state index in [-0.39, 0.29) is 6.10 Å². The summed E-state index contributed by atoms with van der Waals surface area (Å²) in [5, 5.41) is 3.07. The molecule has 3 N–H and O–H groups in total. The van der Waals surface area contributed by atoms with E-state index in [9.17, 15) is 0 Å². The Morgan fingerprint density at radius 3 is 2.68 bits per heavy atom. The predicted molar refractivity (Wildman–Crippen MR) is 101 cm³/mol. The van der Waals surface area contributed by atoms with Crippen molar-refractivity contribution in [3.63, 3.8) is 0 Å². The van der Waals surface area contributed by atoms with Gasteiger partial charge in [-0.05, 0) is 56.7 Å². The van der Waals surface area contributed by atoms with Gasteiger partial charge in [0, 0.05) is 18.1 Å². The van der Waals surface area contributed by atoms with Gasteiger partial charge in [0.05, 0.1) is 18.3 Å². The van der Waals surface area contributed by atoms with Crippen LogP contribution in [0.25, 0.3) is 5.65 Å². The second kappa shape index (κ2) is 7.25. The molecule has 2 aromatic heterocycles. The fourth-order valence-corrected chi connectivity index (χ4v) is 2.47. The summed E-state index contributed by atoms with van der Waals surface area (Å²) in [5.74, 6) is 1.18. The molecule has 0 aliphatic carbocycles. The van der Waals surface area contributed by atoms with Crippen LogP contribution in [0.15, 0.2) is 53.8 Å². The molecule has 0 atom stereocenters. The van der Waals surface area contributed by atoms with Gasteiger partial charge in [-0.25, -0.2) is 9.98 Å². The van der Waals surface area contributed by atoms with E-state index in [0.29, 0.717) is 12.5 Å². The summed E-state index contributed by atoms with van der Waals surface area (Å²) in [6.07, 6.45) is 4.16. The Hall–Kier alpha value is -3.02. The lowest BCUT2D eigenvalue weighted by Gasteiger charge is -2.10. The Morgan fingerprint density at radius 1 is 1.20 bits per heavy atom. The van der Waals surface area contributed by atoms with Crippen LogP contribution in [0.5, 0.6) is 5.75 Å². The van der Waals surface area contributed by atoms with Crippen molar-refractivity contribution in [3.8, 4) is 5.75 Å². The van der Waals surface area contributed by atoms with Crippen LogP contribution in [0.2, 0.25) is 0 Å². The molecule has 0 aliphatic heterocycles. The lowest BCUT2D eigenvalue weighted by Crippen LogP contribution is -2.22. The van der Waals surface area contributed by atoms with Crippen LogP contribution in [-0.2, 0) is 6.54 Å². The number of rotatable bonds is 5. The standard InChI is InChI=1S/C19H23N5O/c1-13(2)25-17-7-5-15(6-8-17)23-19(20)21-10-16-12-24-11-14(3)4-9-18(24)22-16/h4-9,11-13H,10H2,1-3H3,(H3,20,21,23). The first-order chi connectivity index (χ1) is 12.0. The minimum atomic E-state index is 0.152. The summed E-state index contributed by atoms with van der Waals surface area (Å²) in [7, 11) is 0. The van der Waals surface area contributed by atoms with Gasteiger partial charge in [-0.1, -0.05) is 6.07 Å². The molecule has 0 saturated carbocycles. The zero-order valence-electron chi connectivity index (χ0n) is 14.7. The van der Waals surface area contributed by atoms with Crippen LogP contribution in [0.4, 0.5) is 5.69 Å². The third kappa shape index (κ3) is 4.50. The van der Waals surface area contributed by atoms with Crippen LogP contribution in [0.1, 0.15) is 25.1 Å². The minimum absolute atomic E-state index is 0.152. The van der Waals surface area contributed by atoms with E-state index >= 15 is 0 Å². The maximum atomic E-state index is 5.96. The Morgan fingerprint density at radius 2 is 1.96 bits per heavy atom. The number of nitrogens with two attached hydrogens (primary N) is 1. The second-order valence-corrected chi connectivity index (χ2v) is 6.22. The summed E-state index contributed by atoms with van der Waals surface area (Å²) in [6.45, 7) is 6.47. The molecule has 6 heteroatoms. The number of aliphatic imine (C=N–C) groups is 1. The number of hydrogen-bond acceptors (Lipinski definition) is 3. The zero-order valence-corrected chi connectivity index (χ0v) is 14.7. The number of nitrogens with one attached hydrogen (secondary N) is 1. The van der Waals surface area contributed by atoms with E-state index in [1.54, 1.807) is 0 Å². The van der Waals surface area contributed by atoms with Gasteiger partial charge in [0.25, 0.3) is 0 Å². The Balaban J connectivity index is 1.62. The fraction of sp³-hybridized carbons (Fsp3) is 0.263. The minimum Gasteiger partial charge on any atom is -0.491 e. The quantitative estimate of drug-likeness (QED) is 0.553. The van der Waals surface area contributed by atoms with E-state index in [2.05, 4.69) is 22.2 Å². The molecule has 0 radical (unpaired) electrons. The molecular formula is C19H23N5O. The van der Waals surface area contributed by atoms with Crippen molar-refractivity contribution in [2.75, 3.05) is 5.32 Å². The predicted octanol–water partition coefficient (Wildman–Crippen LogP) is 3.36. The molecule has 3 aromatic rings. The van der Waals surface area contributed by atoms with Gasteiger partial charge in [-0.15, -0.1) is 0 Å². The van der Waals surface area contributed by atoms with Crippen LogP contribution in [-0.4, -0.2) is 21.4 Å². The molecule has 0 amide bonds. The normalized spacial score (nSPS) is 11.9. The van der Waals surface area contributed by atoms with Crippen molar-refractivity contribution in [2.24, 2.45) is 10.7 Å². The van der Waals surface area contributed by atoms with Crippen molar-refractivity contribution in [1.29, 1.82) is 0 Å². The average molecular weight is 337 g/mol. The molecule has 3 rings (SSSR count). The third-order valence-corrected chi connectivity index (χ3v) is 3.56. The van der Waals surface area contributed by atoms with Crippen LogP contribution in [0, 0.1) is 6.92 Å². The summed E-state index contributed by atoms with van der Waals surface area (Å²) < 4.78 is 7.61. The molecule has 0 unspecified atom stereocenters. The van der Waals surface area contributed by atoms with E-state index < -0.39 is 0 Å². The van der Waals surface area contributed by atoms with Gasteiger partial charge in [0.1, 0.15) is 11.4 Å². The molecule has 0 saturated heterocycles. The van der Waals surface area contributed by atoms with Gasteiger partial charge in [0.2, 0.25) is 0 Å². The fourth-order valence-electron chi connectivity index (χ4n) is 2.47. The van der Waals surface area contributed by atoms with Crippen molar-refractivity contribution < 1.29 is 4.74 Å². The van der Waals surface area contributed by atoms with E-state index in [1.165, 1.54) is 5.56 Å². The second-order valence-electron chi connectivity index (χ2n) is 6.22. The zero-order chi connectivity index (χ0) is 17.8. The summed E-state index contributed by atoms with van der Waals surface area (Å²) in [6, 6.07) is 11.7. The highest BCUT2D eigenvalue weighted by Gasteiger charge is 2.02. The molecule has 0 aliphatic rings. The largest absolute Gasteiger partial charge is 0.491 e. The van der Waals surface area contributed by atoms with Crippen molar-refractivity contribution in [1.82, 2.24) is 9.38 Å². The maximum Gasteiger partial charge on any atom is 0.193 e. The molecule has 0 bridgehead atoms. The molecule has 6 nitrogen and oxygen atoms in total. The number of fused-ring (bicyclic) bond motifs is 1. The number of pyridine rings is 1. The van der Waals surface area contributed by atoms with Gasteiger partial charge < -0.3 is 20.2 Å². The van der Waals surface area contributed by atoms with E-state index in [0.717, 1.165) is 22.8 Å². The van der Waals surface area contributed by atoms with E-state index in [1.807, 2.05) is 67.0 Å². The average Bonchev–Trinajstić information content (AvgIpc) is 2.96. The first kappa shape index (κ1) is 16.8. The number of aryl methyl sites for hydroxylation is 1. The lowest BCUT2D eigenvalue weighted by atomic mass is 10.3. The summed E-state index contributed by atoms with van der Waals surface area (Å²) >= 11 is 0. The number of hydrogen-bond donors (Lipinski definition) is 2. The Labute approximate surface area is 147 Å². The SMILES string of the molecule is Cc1ccc2nc(CN=C(N)Nc3ccc(OC(C)C)cc3)cn2c1. The van der Waals surface area contributed by atoms with Gasteiger partial charge in [0.15, 0.2) is 5.96 Å². The molecule has 25 heavy (non-hydrogen) atoms. The highest BCUT2D eigenvalue weighted by Crippen LogP contribution is 2.16. The van der Waals surface area contributed by atoms with Gasteiger partial charge in [-0.2, -0.15) is 0 Å². The number of ether oxygens (including phenoxy) is 1. The van der Waals surface area contributed by atoms with Crippen molar-refractivity contribution in [3.05, 3.63) is 60.0 Å². The smallest absolute Gasteiger partial charge is 0.193 e. The maximum absolute atomic E-state index is 5.96. The van der Waals surface area contributed by atoms with Crippen LogP contribution < -0.4 is 15.8 Å². The van der Waals surface area contributed by atoms with Gasteiger partial charge in [-0.3, -0.25) is 0 Å². The molecule has 1 aromatic carbocycles. The summed E-state index contributed by atoms with van der Waals surface area (Å²) in [4.78, 5) is 8.88. The lowest BCUT2D eigenvalue weighted by molar-refractivity contribution is 0.242. The molecule has 2 heterocycles. The third-order valence-electron chi connectivity index (χ3n) is 3.56. The Bertz CT molecular complexity index is 880. The highest BCUT2D eigenvalue weighted by atomic mass is 16.5. The number of benzene rings is 1. The highest BCUT2D eigenvalue weighted by molar-refractivity contribution is 5.92. The number of guanidine groups is 1. The van der Waals surface area contributed by atoms with Crippen LogP contribution in [0.3, 0.4) is 0 Å². The number of anilines is 1. The van der Waals surface area contributed by atoms with Crippen molar-refractivity contribution >= 4 is 17.3 Å². The summed E-state index contributed by atoms with van der Waals surface area (Å²) in [5.41, 5.74) is 9.79. The number of imidazole rings is 1. The van der Waals surface area contributed by atoms with Crippen molar-refractivity contribution in [2.45, 2.75) is 33.4 Å². The first-order valence-corrected chi connectivity index (χ1v) is 8.27. The Kier molecular flexibility index (Phi) is 4.88. The van der Waals surface area contributed by atoms with Gasteiger partial charge >= 0.3 is 0 Å². The molecule has 0 spiro atoms. The van der Waals surface area contributed by atoms with Crippen LogP contribution >= 0.6 is 0 Å². The number of aromatic nitrogens is 2. The molecule has 130 valence electrons. The first-order valence-electron chi connectivity index (χ1n) is 8.27. The monoisotopic (exact) mass is 337 g/mol. The number of nitrogens with zero attached hydrogens (tertiary/aromatic N) is 3. The molecular weight excluding hydrogens is 314 g/mol.